The fourth-order valence-electron chi connectivity index (χ4n) is 2.99. The molecule has 1 aromatic carbocycles. The van der Waals surface area contributed by atoms with Crippen LogP contribution >= 0.6 is 0 Å². The molecule has 4 heteroatoms. The van der Waals surface area contributed by atoms with Crippen LogP contribution in [0.1, 0.15) is 31.7 Å². The molecule has 1 aliphatic rings. The summed E-state index contributed by atoms with van der Waals surface area (Å²) in [6.07, 6.45) is 3.73. The van der Waals surface area contributed by atoms with Gasteiger partial charge in [0.2, 0.25) is 5.91 Å². The zero-order chi connectivity index (χ0) is 15.1. The zero-order valence-corrected chi connectivity index (χ0v) is 12.7. The van der Waals surface area contributed by atoms with Crippen LogP contribution in [0.25, 0.3) is 0 Å². The monoisotopic (exact) mass is 291 g/mol. The van der Waals surface area contributed by atoms with E-state index in [0.29, 0.717) is 31.4 Å². The van der Waals surface area contributed by atoms with Crippen molar-refractivity contribution in [2.24, 2.45) is 11.8 Å². The van der Waals surface area contributed by atoms with Gasteiger partial charge in [-0.2, -0.15) is 0 Å². The highest BCUT2D eigenvalue weighted by molar-refractivity contribution is 5.78. The van der Waals surface area contributed by atoms with E-state index in [9.17, 15) is 9.90 Å². The van der Waals surface area contributed by atoms with Crippen LogP contribution in [0.3, 0.4) is 0 Å². The first-order valence-electron chi connectivity index (χ1n) is 7.82. The summed E-state index contributed by atoms with van der Waals surface area (Å²) in [4.78, 5) is 12.0. The quantitative estimate of drug-likeness (QED) is 0.809. The molecule has 2 atom stereocenters. The van der Waals surface area contributed by atoms with Crippen LogP contribution in [0.5, 0.6) is 5.75 Å². The zero-order valence-electron chi connectivity index (χ0n) is 12.7. The Hall–Kier alpha value is -1.55. The number of rotatable bonds is 7. The van der Waals surface area contributed by atoms with Crippen molar-refractivity contribution in [1.82, 2.24) is 5.32 Å². The van der Waals surface area contributed by atoms with Gasteiger partial charge in [-0.3, -0.25) is 4.79 Å². The Balaban J connectivity index is 1.76. The minimum absolute atomic E-state index is 0.0442. The molecule has 0 saturated heterocycles. The number of hydrogen-bond donors (Lipinski definition) is 2. The maximum atomic E-state index is 12.0. The number of ether oxygens (including phenoxy) is 1. The van der Waals surface area contributed by atoms with Crippen molar-refractivity contribution in [2.45, 2.75) is 32.6 Å². The lowest BCUT2D eigenvalue weighted by molar-refractivity contribution is -0.120. The third-order valence-corrected chi connectivity index (χ3v) is 4.21. The largest absolute Gasteiger partial charge is 0.494 e. The van der Waals surface area contributed by atoms with Crippen LogP contribution in [0, 0.1) is 11.8 Å². The molecular weight excluding hydrogens is 266 g/mol. The molecule has 2 unspecified atom stereocenters. The van der Waals surface area contributed by atoms with E-state index in [1.165, 1.54) is 0 Å². The van der Waals surface area contributed by atoms with Crippen molar-refractivity contribution in [2.75, 3.05) is 19.8 Å². The Morgan fingerprint density at radius 2 is 2.00 bits per heavy atom. The summed E-state index contributed by atoms with van der Waals surface area (Å²) in [7, 11) is 0. The molecule has 1 aliphatic carbocycles. The lowest BCUT2D eigenvalue weighted by Crippen LogP contribution is -2.32. The van der Waals surface area contributed by atoms with Gasteiger partial charge in [0.15, 0.2) is 0 Å². The lowest BCUT2D eigenvalue weighted by Gasteiger charge is -2.17. The van der Waals surface area contributed by atoms with Gasteiger partial charge in [0.1, 0.15) is 5.75 Å². The third kappa shape index (κ3) is 4.74. The Kier molecular flexibility index (Phi) is 6.05. The number of amides is 1. The van der Waals surface area contributed by atoms with E-state index in [1.54, 1.807) is 0 Å². The van der Waals surface area contributed by atoms with Gasteiger partial charge in [0, 0.05) is 13.2 Å². The van der Waals surface area contributed by atoms with E-state index < -0.39 is 0 Å². The number of aliphatic hydroxyl groups is 1. The average Bonchev–Trinajstić information content (AvgIpc) is 2.95. The lowest BCUT2D eigenvalue weighted by atomic mass is 9.97. The van der Waals surface area contributed by atoms with Crippen LogP contribution in [-0.4, -0.2) is 30.8 Å². The van der Waals surface area contributed by atoms with Gasteiger partial charge in [-0.05, 0) is 49.3 Å². The van der Waals surface area contributed by atoms with Gasteiger partial charge in [0.25, 0.3) is 0 Å². The number of carbonyl (C=O) groups excluding carboxylic acids is 1. The van der Waals surface area contributed by atoms with Crippen LogP contribution < -0.4 is 10.1 Å². The Bertz CT molecular complexity index is 444. The smallest absolute Gasteiger partial charge is 0.224 e. The van der Waals surface area contributed by atoms with Crippen molar-refractivity contribution in [3.63, 3.8) is 0 Å². The van der Waals surface area contributed by atoms with Gasteiger partial charge < -0.3 is 15.2 Å². The number of benzene rings is 1. The van der Waals surface area contributed by atoms with Gasteiger partial charge in [-0.25, -0.2) is 0 Å². The third-order valence-electron chi connectivity index (χ3n) is 4.21. The number of carbonyl (C=O) groups is 1. The summed E-state index contributed by atoms with van der Waals surface area (Å²) in [6, 6.07) is 7.64. The molecule has 2 N–H and O–H groups in total. The first-order chi connectivity index (χ1) is 10.2. The molecule has 0 aliphatic heterocycles. The summed E-state index contributed by atoms with van der Waals surface area (Å²) < 4.78 is 5.38. The molecule has 4 nitrogen and oxygen atoms in total. The molecule has 2 rings (SSSR count). The number of nitrogens with one attached hydrogen (secondary N) is 1. The SMILES string of the molecule is CCOc1ccc(CC(=O)NCC2CCCC2CO)cc1. The van der Waals surface area contributed by atoms with Crippen molar-refractivity contribution in [3.05, 3.63) is 29.8 Å². The highest BCUT2D eigenvalue weighted by atomic mass is 16.5. The summed E-state index contributed by atoms with van der Waals surface area (Å²) in [6.45, 7) is 3.51. The van der Waals surface area contributed by atoms with E-state index in [1.807, 2.05) is 31.2 Å². The molecule has 1 saturated carbocycles. The fraction of sp³-hybridized carbons (Fsp3) is 0.588. The summed E-state index contributed by atoms with van der Waals surface area (Å²) in [5, 5.41) is 12.3. The van der Waals surface area contributed by atoms with Gasteiger partial charge in [-0.1, -0.05) is 18.6 Å². The first kappa shape index (κ1) is 15.8. The summed E-state index contributed by atoms with van der Waals surface area (Å²) >= 11 is 0. The molecule has 1 amide bonds. The van der Waals surface area contributed by atoms with Gasteiger partial charge in [0.05, 0.1) is 13.0 Å². The van der Waals surface area contributed by atoms with Gasteiger partial charge in [-0.15, -0.1) is 0 Å². The molecule has 0 radical (unpaired) electrons. The Morgan fingerprint density at radius 1 is 1.29 bits per heavy atom. The topological polar surface area (TPSA) is 58.6 Å². The van der Waals surface area contributed by atoms with E-state index in [4.69, 9.17) is 4.74 Å². The molecule has 1 fully saturated rings. The van der Waals surface area contributed by atoms with Crippen LogP contribution in [0.15, 0.2) is 24.3 Å². The van der Waals surface area contributed by atoms with Crippen molar-refractivity contribution in [3.8, 4) is 5.75 Å². The molecule has 0 spiro atoms. The highest BCUT2D eigenvalue weighted by Crippen LogP contribution is 2.30. The molecule has 21 heavy (non-hydrogen) atoms. The predicted octanol–water partition coefficient (Wildman–Crippen LogP) is 2.15. The van der Waals surface area contributed by atoms with E-state index in [2.05, 4.69) is 5.32 Å². The molecule has 0 aromatic heterocycles. The Morgan fingerprint density at radius 3 is 2.67 bits per heavy atom. The summed E-state index contributed by atoms with van der Waals surface area (Å²) in [5.74, 6) is 1.66. The second-order valence-corrected chi connectivity index (χ2v) is 5.69. The minimum atomic E-state index is 0.0442. The normalized spacial score (nSPS) is 21.2. The average molecular weight is 291 g/mol. The first-order valence-corrected chi connectivity index (χ1v) is 7.82. The number of aliphatic hydroxyl groups excluding tert-OH is 1. The standard InChI is InChI=1S/C17H25NO3/c1-2-21-16-8-6-13(7-9-16)10-17(20)18-11-14-4-3-5-15(14)12-19/h6-9,14-15,19H,2-5,10-12H2,1H3,(H,18,20). The van der Waals surface area contributed by atoms with Crippen molar-refractivity contribution in [1.29, 1.82) is 0 Å². The molecule has 0 bridgehead atoms. The predicted molar refractivity (Wildman–Crippen MR) is 82.2 cm³/mol. The molecule has 0 heterocycles. The van der Waals surface area contributed by atoms with Crippen LogP contribution in [0.4, 0.5) is 0 Å². The Labute approximate surface area is 126 Å². The minimum Gasteiger partial charge on any atom is -0.494 e. The number of hydrogen-bond acceptors (Lipinski definition) is 3. The second kappa shape index (κ2) is 8.03. The van der Waals surface area contributed by atoms with Crippen LogP contribution in [0.2, 0.25) is 0 Å². The van der Waals surface area contributed by atoms with E-state index >= 15 is 0 Å². The highest BCUT2D eigenvalue weighted by Gasteiger charge is 2.26. The molecular formula is C17H25NO3. The van der Waals surface area contributed by atoms with Gasteiger partial charge >= 0.3 is 0 Å². The maximum Gasteiger partial charge on any atom is 0.224 e. The second-order valence-electron chi connectivity index (χ2n) is 5.69. The maximum absolute atomic E-state index is 12.0. The van der Waals surface area contributed by atoms with Crippen molar-refractivity contribution >= 4 is 5.91 Å². The molecule has 1 aromatic rings. The van der Waals surface area contributed by atoms with Crippen molar-refractivity contribution < 1.29 is 14.6 Å². The van der Waals surface area contributed by atoms with E-state index in [-0.39, 0.29) is 12.5 Å². The fourth-order valence-corrected chi connectivity index (χ4v) is 2.99. The summed E-state index contributed by atoms with van der Waals surface area (Å²) in [5.41, 5.74) is 0.987. The van der Waals surface area contributed by atoms with E-state index in [0.717, 1.165) is 30.6 Å². The molecule has 116 valence electrons. The van der Waals surface area contributed by atoms with Crippen LogP contribution in [-0.2, 0) is 11.2 Å².